The summed E-state index contributed by atoms with van der Waals surface area (Å²) in [6.07, 6.45) is 1.73. The van der Waals surface area contributed by atoms with Crippen LogP contribution >= 0.6 is 11.6 Å². The first kappa shape index (κ1) is 18.0. The molecule has 2 heterocycles. The van der Waals surface area contributed by atoms with Crippen LogP contribution in [0.15, 0.2) is 30.5 Å². The zero-order valence-corrected chi connectivity index (χ0v) is 15.8. The number of amides is 1. The van der Waals surface area contributed by atoms with Gasteiger partial charge in [0, 0.05) is 38.9 Å². The van der Waals surface area contributed by atoms with E-state index in [1.807, 2.05) is 18.7 Å². The number of nitrogens with zero attached hydrogens (tertiary/aromatic N) is 4. The molecule has 1 aromatic carbocycles. The van der Waals surface area contributed by atoms with Crippen molar-refractivity contribution >= 4 is 17.5 Å². The lowest BCUT2D eigenvalue weighted by Gasteiger charge is -2.36. The van der Waals surface area contributed by atoms with E-state index in [4.69, 9.17) is 11.6 Å². The van der Waals surface area contributed by atoms with E-state index < -0.39 is 0 Å². The predicted octanol–water partition coefficient (Wildman–Crippen LogP) is 3.06. The second-order valence-corrected chi connectivity index (χ2v) is 7.21. The van der Waals surface area contributed by atoms with Crippen LogP contribution in [0.25, 0.3) is 0 Å². The van der Waals surface area contributed by atoms with Crippen LogP contribution in [0.1, 0.15) is 29.8 Å². The normalized spacial score (nSPS) is 16.9. The summed E-state index contributed by atoms with van der Waals surface area (Å²) in [5, 5.41) is 4.93. The van der Waals surface area contributed by atoms with Gasteiger partial charge in [0.25, 0.3) is 0 Å². The third-order valence-corrected chi connectivity index (χ3v) is 5.19. The number of aromatic nitrogens is 2. The molecule has 0 saturated carbocycles. The van der Waals surface area contributed by atoms with E-state index in [9.17, 15) is 4.79 Å². The van der Waals surface area contributed by atoms with Crippen molar-refractivity contribution in [3.63, 3.8) is 0 Å². The highest BCUT2D eigenvalue weighted by molar-refractivity contribution is 6.31. The molecule has 6 heteroatoms. The second kappa shape index (κ2) is 7.58. The van der Waals surface area contributed by atoms with Crippen molar-refractivity contribution < 1.29 is 4.79 Å². The van der Waals surface area contributed by atoms with Crippen LogP contribution in [-0.4, -0.2) is 51.7 Å². The minimum absolute atomic E-state index is 0.106. The van der Waals surface area contributed by atoms with Crippen LogP contribution in [-0.2, 0) is 11.3 Å². The van der Waals surface area contributed by atoms with Crippen LogP contribution in [0.2, 0.25) is 5.02 Å². The minimum atomic E-state index is -0.324. The molecule has 25 heavy (non-hydrogen) atoms. The SMILES string of the molecule is Cc1ccc(CN2CCN(C(=O)C(C)n3cc(Cl)c(C)n3)CC2)cc1. The Morgan fingerprint density at radius 1 is 1.16 bits per heavy atom. The summed E-state index contributed by atoms with van der Waals surface area (Å²) in [5.41, 5.74) is 3.35. The maximum atomic E-state index is 12.7. The lowest BCUT2D eigenvalue weighted by atomic mass is 10.1. The smallest absolute Gasteiger partial charge is 0.247 e. The highest BCUT2D eigenvalue weighted by atomic mass is 35.5. The molecule has 1 atom stereocenters. The molecular weight excluding hydrogens is 336 g/mol. The van der Waals surface area contributed by atoms with Gasteiger partial charge in [-0.25, -0.2) is 0 Å². The summed E-state index contributed by atoms with van der Waals surface area (Å²) in [4.78, 5) is 17.1. The first-order chi connectivity index (χ1) is 11.9. The fraction of sp³-hybridized carbons (Fsp3) is 0.474. The molecule has 5 nitrogen and oxygen atoms in total. The van der Waals surface area contributed by atoms with Gasteiger partial charge >= 0.3 is 0 Å². The number of carbonyl (C=O) groups excluding carboxylic acids is 1. The Morgan fingerprint density at radius 3 is 2.36 bits per heavy atom. The number of aryl methyl sites for hydroxylation is 2. The zero-order valence-electron chi connectivity index (χ0n) is 15.1. The van der Waals surface area contributed by atoms with E-state index in [1.165, 1.54) is 11.1 Å². The maximum absolute atomic E-state index is 12.7. The van der Waals surface area contributed by atoms with Gasteiger partial charge < -0.3 is 4.90 Å². The largest absolute Gasteiger partial charge is 0.338 e. The highest BCUT2D eigenvalue weighted by Gasteiger charge is 2.26. The fourth-order valence-corrected chi connectivity index (χ4v) is 3.25. The minimum Gasteiger partial charge on any atom is -0.338 e. The quantitative estimate of drug-likeness (QED) is 0.841. The van der Waals surface area contributed by atoms with Crippen LogP contribution in [0.4, 0.5) is 0 Å². The van der Waals surface area contributed by atoms with Gasteiger partial charge in [0.2, 0.25) is 5.91 Å². The van der Waals surface area contributed by atoms with Crippen molar-refractivity contribution in [3.05, 3.63) is 52.3 Å². The summed E-state index contributed by atoms with van der Waals surface area (Å²) in [6.45, 7) is 10.1. The van der Waals surface area contributed by atoms with E-state index in [0.717, 1.165) is 38.4 Å². The molecule has 1 amide bonds. The number of rotatable bonds is 4. The average molecular weight is 361 g/mol. The Labute approximate surface area is 154 Å². The van der Waals surface area contributed by atoms with E-state index in [2.05, 4.69) is 41.2 Å². The van der Waals surface area contributed by atoms with Gasteiger partial charge in [-0.3, -0.25) is 14.4 Å². The van der Waals surface area contributed by atoms with Crippen molar-refractivity contribution in [1.82, 2.24) is 19.6 Å². The van der Waals surface area contributed by atoms with Crippen LogP contribution in [0, 0.1) is 13.8 Å². The van der Waals surface area contributed by atoms with Crippen molar-refractivity contribution in [2.75, 3.05) is 26.2 Å². The van der Waals surface area contributed by atoms with Crippen molar-refractivity contribution in [1.29, 1.82) is 0 Å². The molecule has 0 radical (unpaired) electrons. The van der Waals surface area contributed by atoms with Crippen molar-refractivity contribution in [2.45, 2.75) is 33.4 Å². The number of carbonyl (C=O) groups is 1. The Bertz CT molecular complexity index is 713. The molecule has 1 aliphatic heterocycles. The highest BCUT2D eigenvalue weighted by Crippen LogP contribution is 2.18. The lowest BCUT2D eigenvalue weighted by molar-refractivity contribution is -0.136. The molecule has 0 aliphatic carbocycles. The van der Waals surface area contributed by atoms with Crippen molar-refractivity contribution in [3.8, 4) is 0 Å². The molecule has 134 valence electrons. The number of hydrogen-bond acceptors (Lipinski definition) is 3. The van der Waals surface area contributed by atoms with E-state index in [1.54, 1.807) is 10.9 Å². The number of benzene rings is 1. The van der Waals surface area contributed by atoms with E-state index in [0.29, 0.717) is 5.02 Å². The summed E-state index contributed by atoms with van der Waals surface area (Å²) in [7, 11) is 0. The molecule has 3 rings (SSSR count). The molecule has 2 aromatic rings. The predicted molar refractivity (Wildman–Crippen MR) is 99.7 cm³/mol. The molecule has 0 spiro atoms. The van der Waals surface area contributed by atoms with Gasteiger partial charge in [0.1, 0.15) is 6.04 Å². The third kappa shape index (κ3) is 4.22. The fourth-order valence-electron chi connectivity index (χ4n) is 3.11. The molecule has 1 aliphatic rings. The molecule has 0 N–H and O–H groups in total. The summed E-state index contributed by atoms with van der Waals surface area (Å²) < 4.78 is 1.67. The van der Waals surface area contributed by atoms with Gasteiger partial charge in [-0.1, -0.05) is 41.4 Å². The Kier molecular flexibility index (Phi) is 5.45. The zero-order chi connectivity index (χ0) is 18.0. The topological polar surface area (TPSA) is 41.4 Å². The molecule has 0 bridgehead atoms. The van der Waals surface area contributed by atoms with Gasteiger partial charge in [0.15, 0.2) is 0 Å². The second-order valence-electron chi connectivity index (χ2n) is 6.81. The Balaban J connectivity index is 1.54. The van der Waals surface area contributed by atoms with Crippen LogP contribution in [0.3, 0.4) is 0 Å². The Morgan fingerprint density at radius 2 is 1.80 bits per heavy atom. The third-order valence-electron chi connectivity index (χ3n) is 4.82. The molecule has 1 unspecified atom stereocenters. The number of hydrogen-bond donors (Lipinski definition) is 0. The standard InChI is InChI=1S/C19H25ClN4O/c1-14-4-6-17(7-5-14)12-22-8-10-23(11-9-22)19(25)16(3)24-13-18(20)15(2)21-24/h4-7,13,16H,8-12H2,1-3H3. The van der Waals surface area contributed by atoms with E-state index >= 15 is 0 Å². The first-order valence-corrected chi connectivity index (χ1v) is 9.10. The van der Waals surface area contributed by atoms with Gasteiger partial charge in [-0.05, 0) is 26.3 Å². The van der Waals surface area contributed by atoms with Gasteiger partial charge in [-0.15, -0.1) is 0 Å². The van der Waals surface area contributed by atoms with Crippen molar-refractivity contribution in [2.24, 2.45) is 0 Å². The van der Waals surface area contributed by atoms with Crippen LogP contribution < -0.4 is 0 Å². The Hall–Kier alpha value is -1.85. The summed E-state index contributed by atoms with van der Waals surface area (Å²) in [5.74, 6) is 0.106. The molecule has 1 saturated heterocycles. The monoisotopic (exact) mass is 360 g/mol. The van der Waals surface area contributed by atoms with Crippen LogP contribution in [0.5, 0.6) is 0 Å². The number of halogens is 1. The maximum Gasteiger partial charge on any atom is 0.247 e. The lowest BCUT2D eigenvalue weighted by Crippen LogP contribution is -2.49. The first-order valence-electron chi connectivity index (χ1n) is 8.72. The summed E-state index contributed by atoms with van der Waals surface area (Å²) >= 11 is 6.05. The molecule has 1 fully saturated rings. The summed E-state index contributed by atoms with van der Waals surface area (Å²) in [6, 6.07) is 8.33. The number of piperazine rings is 1. The molecular formula is C19H25ClN4O. The average Bonchev–Trinajstić information content (AvgIpc) is 2.95. The van der Waals surface area contributed by atoms with Gasteiger partial charge in [-0.2, -0.15) is 5.10 Å². The van der Waals surface area contributed by atoms with Gasteiger partial charge in [0.05, 0.1) is 10.7 Å². The molecule has 1 aromatic heterocycles. The van der Waals surface area contributed by atoms with E-state index in [-0.39, 0.29) is 11.9 Å².